The second kappa shape index (κ2) is 5.60. The molecule has 0 aliphatic carbocycles. The number of nitrogens with one attached hydrogen (secondary N) is 1. The van der Waals surface area contributed by atoms with Crippen molar-refractivity contribution in [1.82, 2.24) is 5.32 Å². The predicted molar refractivity (Wildman–Crippen MR) is 69.4 cm³/mol. The highest BCUT2D eigenvalue weighted by Gasteiger charge is 2.18. The Morgan fingerprint density at radius 2 is 2.25 bits per heavy atom. The van der Waals surface area contributed by atoms with Crippen molar-refractivity contribution >= 4 is 11.8 Å². The molecule has 88 valence electrons. The molecule has 1 aliphatic rings. The largest absolute Gasteiger partial charge is 0.496 e. The highest BCUT2D eigenvalue weighted by molar-refractivity contribution is 7.98. The zero-order valence-electron chi connectivity index (χ0n) is 9.95. The zero-order valence-corrected chi connectivity index (χ0v) is 10.8. The maximum Gasteiger partial charge on any atom is 0.124 e. The number of hydrogen-bond acceptors (Lipinski definition) is 3. The third-order valence-electron chi connectivity index (χ3n) is 3.13. The molecule has 0 spiro atoms. The molecule has 1 N–H and O–H groups in total. The lowest BCUT2D eigenvalue weighted by Crippen LogP contribution is -2.27. The molecule has 0 bridgehead atoms. The number of piperidine rings is 1. The van der Waals surface area contributed by atoms with E-state index in [1.54, 1.807) is 18.9 Å². The van der Waals surface area contributed by atoms with Gasteiger partial charge in [-0.15, -0.1) is 11.8 Å². The summed E-state index contributed by atoms with van der Waals surface area (Å²) in [6.07, 6.45) is 5.91. The van der Waals surface area contributed by atoms with Crippen LogP contribution in [0.5, 0.6) is 5.75 Å². The molecule has 0 aromatic heterocycles. The summed E-state index contributed by atoms with van der Waals surface area (Å²) in [5.74, 6) is 1.02. The number of methoxy groups -OCH3 is 1. The average molecular weight is 237 g/mol. The van der Waals surface area contributed by atoms with Gasteiger partial charge in [-0.25, -0.2) is 0 Å². The second-order valence-corrected chi connectivity index (χ2v) is 4.99. The van der Waals surface area contributed by atoms with E-state index < -0.39 is 0 Å². The van der Waals surface area contributed by atoms with E-state index in [9.17, 15) is 0 Å². The molecule has 2 nitrogen and oxygen atoms in total. The van der Waals surface area contributed by atoms with Crippen molar-refractivity contribution < 1.29 is 4.74 Å². The van der Waals surface area contributed by atoms with E-state index in [4.69, 9.17) is 4.74 Å². The van der Waals surface area contributed by atoms with Crippen molar-refractivity contribution in [1.29, 1.82) is 0 Å². The summed E-state index contributed by atoms with van der Waals surface area (Å²) in [7, 11) is 1.76. The van der Waals surface area contributed by atoms with Crippen LogP contribution in [0.15, 0.2) is 23.1 Å². The summed E-state index contributed by atoms with van der Waals surface area (Å²) >= 11 is 1.75. The lowest BCUT2D eigenvalue weighted by Gasteiger charge is -2.25. The third kappa shape index (κ3) is 2.53. The third-order valence-corrected chi connectivity index (χ3v) is 3.85. The summed E-state index contributed by atoms with van der Waals surface area (Å²) < 4.78 is 5.49. The first-order valence-corrected chi connectivity index (χ1v) is 7.03. The van der Waals surface area contributed by atoms with Crippen molar-refractivity contribution in [2.75, 3.05) is 19.9 Å². The maximum absolute atomic E-state index is 5.49. The van der Waals surface area contributed by atoms with E-state index in [1.807, 2.05) is 0 Å². The van der Waals surface area contributed by atoms with Crippen molar-refractivity contribution in [3.8, 4) is 5.75 Å². The van der Waals surface area contributed by atoms with E-state index in [2.05, 4.69) is 29.8 Å². The number of rotatable bonds is 3. The Morgan fingerprint density at radius 3 is 2.88 bits per heavy atom. The monoisotopic (exact) mass is 237 g/mol. The normalized spacial score (nSPS) is 20.8. The Morgan fingerprint density at radius 1 is 1.38 bits per heavy atom. The standard InChI is InChI=1S/C13H19NOS/c1-15-13-9-10(16-2)6-7-11(13)12-5-3-4-8-14-12/h6-7,9,12,14H,3-5,8H2,1-2H3. The molecule has 1 unspecified atom stereocenters. The topological polar surface area (TPSA) is 21.3 Å². The minimum atomic E-state index is 0.472. The van der Waals surface area contributed by atoms with E-state index in [0.29, 0.717) is 6.04 Å². The molecule has 1 aliphatic heterocycles. The van der Waals surface area contributed by atoms with Gasteiger partial charge < -0.3 is 10.1 Å². The fourth-order valence-corrected chi connectivity index (χ4v) is 2.65. The van der Waals surface area contributed by atoms with Gasteiger partial charge in [0.15, 0.2) is 0 Å². The Labute approximate surface area is 102 Å². The first-order valence-electron chi connectivity index (χ1n) is 5.80. The molecular weight excluding hydrogens is 218 g/mol. The first kappa shape index (κ1) is 11.8. The van der Waals surface area contributed by atoms with Crippen LogP contribution in [0.2, 0.25) is 0 Å². The van der Waals surface area contributed by atoms with Crippen LogP contribution in [0.3, 0.4) is 0 Å². The zero-order chi connectivity index (χ0) is 11.4. The van der Waals surface area contributed by atoms with Crippen LogP contribution < -0.4 is 10.1 Å². The Hall–Kier alpha value is -0.670. The molecule has 1 atom stereocenters. The summed E-state index contributed by atoms with van der Waals surface area (Å²) in [4.78, 5) is 1.26. The number of ether oxygens (including phenoxy) is 1. The van der Waals surface area contributed by atoms with Crippen molar-refractivity contribution in [3.05, 3.63) is 23.8 Å². The Kier molecular flexibility index (Phi) is 4.13. The summed E-state index contributed by atoms with van der Waals surface area (Å²) in [6, 6.07) is 6.99. The number of hydrogen-bond donors (Lipinski definition) is 1. The molecule has 16 heavy (non-hydrogen) atoms. The van der Waals surface area contributed by atoms with Crippen LogP contribution in [0.25, 0.3) is 0 Å². The van der Waals surface area contributed by atoms with Crippen LogP contribution >= 0.6 is 11.8 Å². The quantitative estimate of drug-likeness (QED) is 0.816. The van der Waals surface area contributed by atoms with E-state index in [1.165, 1.54) is 29.7 Å². The van der Waals surface area contributed by atoms with Gasteiger partial charge in [-0.05, 0) is 37.8 Å². The Bertz CT molecular complexity index is 348. The van der Waals surface area contributed by atoms with Crippen LogP contribution in [0.4, 0.5) is 0 Å². The van der Waals surface area contributed by atoms with E-state index in [0.717, 1.165) is 12.3 Å². The molecule has 0 radical (unpaired) electrons. The van der Waals surface area contributed by atoms with E-state index >= 15 is 0 Å². The van der Waals surface area contributed by atoms with Gasteiger partial charge in [0.1, 0.15) is 5.75 Å². The molecule has 2 rings (SSSR count). The van der Waals surface area contributed by atoms with Crippen LogP contribution in [0, 0.1) is 0 Å². The lowest BCUT2D eigenvalue weighted by atomic mass is 9.97. The molecule has 1 heterocycles. The van der Waals surface area contributed by atoms with Gasteiger partial charge >= 0.3 is 0 Å². The van der Waals surface area contributed by atoms with Crippen molar-refractivity contribution in [3.63, 3.8) is 0 Å². The number of benzene rings is 1. The van der Waals surface area contributed by atoms with Gasteiger partial charge in [0.05, 0.1) is 7.11 Å². The van der Waals surface area contributed by atoms with Gasteiger partial charge in [0, 0.05) is 16.5 Å². The molecule has 1 saturated heterocycles. The molecular formula is C13H19NOS. The lowest BCUT2D eigenvalue weighted by molar-refractivity contribution is 0.373. The van der Waals surface area contributed by atoms with Gasteiger partial charge in [-0.2, -0.15) is 0 Å². The molecule has 0 saturated carbocycles. The van der Waals surface area contributed by atoms with Gasteiger partial charge in [-0.1, -0.05) is 12.5 Å². The fraction of sp³-hybridized carbons (Fsp3) is 0.538. The summed E-state index contributed by atoms with van der Waals surface area (Å²) in [5, 5.41) is 3.56. The predicted octanol–water partition coefficient (Wildman–Crippen LogP) is 3.23. The summed E-state index contributed by atoms with van der Waals surface area (Å²) in [5.41, 5.74) is 1.31. The molecule has 1 aromatic carbocycles. The smallest absolute Gasteiger partial charge is 0.124 e. The highest BCUT2D eigenvalue weighted by atomic mass is 32.2. The average Bonchev–Trinajstić information content (AvgIpc) is 2.39. The molecule has 1 fully saturated rings. The van der Waals surface area contributed by atoms with Crippen molar-refractivity contribution in [2.24, 2.45) is 0 Å². The summed E-state index contributed by atoms with van der Waals surface area (Å²) in [6.45, 7) is 1.12. The number of thioether (sulfide) groups is 1. The van der Waals surface area contributed by atoms with E-state index in [-0.39, 0.29) is 0 Å². The van der Waals surface area contributed by atoms with Crippen LogP contribution in [-0.2, 0) is 0 Å². The van der Waals surface area contributed by atoms with Crippen LogP contribution in [0.1, 0.15) is 30.9 Å². The minimum Gasteiger partial charge on any atom is -0.496 e. The maximum atomic E-state index is 5.49. The van der Waals surface area contributed by atoms with Crippen molar-refractivity contribution in [2.45, 2.75) is 30.2 Å². The highest BCUT2D eigenvalue weighted by Crippen LogP contribution is 2.33. The Balaban J connectivity index is 2.24. The van der Waals surface area contributed by atoms with Crippen LogP contribution in [-0.4, -0.2) is 19.9 Å². The first-order chi connectivity index (χ1) is 7.85. The molecule has 3 heteroatoms. The SMILES string of the molecule is COc1cc(SC)ccc1C1CCCCN1. The van der Waals surface area contributed by atoms with Gasteiger partial charge in [0.2, 0.25) is 0 Å². The minimum absolute atomic E-state index is 0.472. The molecule has 1 aromatic rings. The van der Waals surface area contributed by atoms with Gasteiger partial charge in [-0.3, -0.25) is 0 Å². The fourth-order valence-electron chi connectivity index (χ4n) is 2.22. The molecule has 0 amide bonds. The second-order valence-electron chi connectivity index (χ2n) is 4.11. The van der Waals surface area contributed by atoms with Gasteiger partial charge in [0.25, 0.3) is 0 Å².